The summed E-state index contributed by atoms with van der Waals surface area (Å²) >= 11 is 0. The van der Waals surface area contributed by atoms with Crippen molar-refractivity contribution >= 4 is 5.78 Å². The second kappa shape index (κ2) is 2.22. The van der Waals surface area contributed by atoms with Crippen LogP contribution in [0.1, 0.15) is 25.7 Å². The van der Waals surface area contributed by atoms with Gasteiger partial charge >= 0.3 is 0 Å². The summed E-state index contributed by atoms with van der Waals surface area (Å²) in [7, 11) is 0. The number of carbonyl (C=O) groups excluding carboxylic acids is 1. The lowest BCUT2D eigenvalue weighted by molar-refractivity contribution is -0.119. The highest BCUT2D eigenvalue weighted by molar-refractivity contribution is 5.80. The molecule has 10 heavy (non-hydrogen) atoms. The van der Waals surface area contributed by atoms with Crippen LogP contribution in [0.25, 0.3) is 0 Å². The Morgan fingerprint density at radius 1 is 1.10 bits per heavy atom. The minimum absolute atomic E-state index is 0.470. The molecule has 0 saturated heterocycles. The smallest absolute Gasteiger partial charge is 0.134 e. The molecule has 0 radical (unpaired) electrons. The maximum absolute atomic E-state index is 11.1. The lowest BCUT2D eigenvalue weighted by Crippen LogP contribution is -2.01. The second-order valence-corrected chi connectivity index (χ2v) is 3.43. The number of carbonyl (C=O) groups is 1. The van der Waals surface area contributed by atoms with E-state index in [0.29, 0.717) is 17.6 Å². The summed E-state index contributed by atoms with van der Waals surface area (Å²) in [5.41, 5.74) is 0. The molecule has 54 valence electrons. The number of Topliss-reactive ketones (excluding diaryl/α,β-unsaturated/α-hetero) is 1. The number of fused-ring (bicyclic) bond motifs is 3. The number of hydrogen-bond acceptors (Lipinski definition) is 1. The van der Waals surface area contributed by atoms with Gasteiger partial charge in [0.2, 0.25) is 0 Å². The largest absolute Gasteiger partial charge is 0.300 e. The van der Waals surface area contributed by atoms with Crippen molar-refractivity contribution < 1.29 is 4.79 Å². The predicted octanol–water partition coefficient (Wildman–Crippen LogP) is 1.93. The summed E-state index contributed by atoms with van der Waals surface area (Å²) in [4.78, 5) is 11.1. The van der Waals surface area contributed by atoms with Gasteiger partial charge in [-0.15, -0.1) is 0 Å². The average molecular weight is 136 g/mol. The molecule has 2 unspecified atom stereocenters. The SMILES string of the molecule is O=C1CC2C=CC(CC2)C1. The normalized spacial score (nSPS) is 38.2. The molecule has 0 N–H and O–H groups in total. The first-order chi connectivity index (χ1) is 4.84. The highest BCUT2D eigenvalue weighted by atomic mass is 16.1. The Bertz CT molecular complexity index is 163. The second-order valence-electron chi connectivity index (χ2n) is 3.43. The van der Waals surface area contributed by atoms with Crippen LogP contribution in [0, 0.1) is 11.8 Å². The third-order valence-corrected chi connectivity index (χ3v) is 2.54. The van der Waals surface area contributed by atoms with E-state index in [1.807, 2.05) is 0 Å². The molecule has 1 nitrogen and oxygen atoms in total. The van der Waals surface area contributed by atoms with Gasteiger partial charge in [-0.25, -0.2) is 0 Å². The fourth-order valence-corrected chi connectivity index (χ4v) is 1.94. The van der Waals surface area contributed by atoms with Crippen molar-refractivity contribution in [1.82, 2.24) is 0 Å². The molecule has 3 aliphatic rings. The lowest BCUT2D eigenvalue weighted by atomic mass is 9.91. The molecule has 0 aliphatic heterocycles. The van der Waals surface area contributed by atoms with E-state index in [0.717, 1.165) is 12.8 Å². The number of allylic oxidation sites excluding steroid dienone is 2. The molecule has 1 fully saturated rings. The first-order valence-electron chi connectivity index (χ1n) is 4.04. The molecular weight excluding hydrogens is 124 g/mol. The Kier molecular flexibility index (Phi) is 1.37. The molecule has 3 aliphatic carbocycles. The predicted molar refractivity (Wildman–Crippen MR) is 39.6 cm³/mol. The summed E-state index contributed by atoms with van der Waals surface area (Å²) in [6, 6.07) is 0. The van der Waals surface area contributed by atoms with Crippen LogP contribution in [0.4, 0.5) is 0 Å². The van der Waals surface area contributed by atoms with Gasteiger partial charge < -0.3 is 0 Å². The van der Waals surface area contributed by atoms with E-state index in [1.165, 1.54) is 12.8 Å². The fourth-order valence-electron chi connectivity index (χ4n) is 1.94. The Morgan fingerprint density at radius 2 is 1.60 bits per heavy atom. The summed E-state index contributed by atoms with van der Waals surface area (Å²) in [6.45, 7) is 0. The zero-order valence-corrected chi connectivity index (χ0v) is 6.05. The molecule has 0 heterocycles. The molecule has 1 saturated carbocycles. The van der Waals surface area contributed by atoms with E-state index in [2.05, 4.69) is 12.2 Å². The van der Waals surface area contributed by atoms with E-state index < -0.39 is 0 Å². The Labute approximate surface area is 61.1 Å². The Hall–Kier alpha value is -0.590. The molecule has 2 atom stereocenters. The average Bonchev–Trinajstić information content (AvgIpc) is 2.17. The van der Waals surface area contributed by atoms with E-state index in [4.69, 9.17) is 0 Å². The van der Waals surface area contributed by atoms with Crippen LogP contribution < -0.4 is 0 Å². The van der Waals surface area contributed by atoms with Crippen LogP contribution in [0.3, 0.4) is 0 Å². The fraction of sp³-hybridized carbons (Fsp3) is 0.667. The van der Waals surface area contributed by atoms with Crippen molar-refractivity contribution in [3.8, 4) is 0 Å². The van der Waals surface area contributed by atoms with Crippen LogP contribution >= 0.6 is 0 Å². The topological polar surface area (TPSA) is 17.1 Å². The number of rotatable bonds is 0. The van der Waals surface area contributed by atoms with Crippen molar-refractivity contribution in [2.45, 2.75) is 25.7 Å². The van der Waals surface area contributed by atoms with Gasteiger partial charge in [0.1, 0.15) is 5.78 Å². The van der Waals surface area contributed by atoms with Crippen LogP contribution in [-0.4, -0.2) is 5.78 Å². The Balaban J connectivity index is 2.21. The van der Waals surface area contributed by atoms with Gasteiger partial charge in [0.15, 0.2) is 0 Å². The molecule has 1 heteroatoms. The van der Waals surface area contributed by atoms with Gasteiger partial charge in [0, 0.05) is 12.8 Å². The van der Waals surface area contributed by atoms with Gasteiger partial charge in [-0.3, -0.25) is 4.79 Å². The zero-order valence-electron chi connectivity index (χ0n) is 6.05. The monoisotopic (exact) mass is 136 g/mol. The van der Waals surface area contributed by atoms with Gasteiger partial charge in [0.05, 0.1) is 0 Å². The van der Waals surface area contributed by atoms with Gasteiger partial charge in [-0.2, -0.15) is 0 Å². The van der Waals surface area contributed by atoms with Crippen molar-refractivity contribution in [3.63, 3.8) is 0 Å². The van der Waals surface area contributed by atoms with Crippen LogP contribution in [0.2, 0.25) is 0 Å². The minimum Gasteiger partial charge on any atom is -0.300 e. The van der Waals surface area contributed by atoms with Crippen LogP contribution in [0.5, 0.6) is 0 Å². The van der Waals surface area contributed by atoms with Crippen molar-refractivity contribution in [2.75, 3.05) is 0 Å². The molecule has 2 bridgehead atoms. The lowest BCUT2D eigenvalue weighted by Gasteiger charge is -2.14. The van der Waals surface area contributed by atoms with E-state index in [1.54, 1.807) is 0 Å². The quantitative estimate of drug-likeness (QED) is 0.465. The van der Waals surface area contributed by atoms with E-state index in [9.17, 15) is 4.79 Å². The third-order valence-electron chi connectivity index (χ3n) is 2.54. The van der Waals surface area contributed by atoms with E-state index >= 15 is 0 Å². The van der Waals surface area contributed by atoms with E-state index in [-0.39, 0.29) is 0 Å². The molecule has 0 amide bonds. The van der Waals surface area contributed by atoms with Crippen molar-refractivity contribution in [2.24, 2.45) is 11.8 Å². The molecular formula is C9H12O. The summed E-state index contributed by atoms with van der Waals surface area (Å²) in [5, 5.41) is 0. The molecule has 3 rings (SSSR count). The van der Waals surface area contributed by atoms with Crippen molar-refractivity contribution in [3.05, 3.63) is 12.2 Å². The highest BCUT2D eigenvalue weighted by Gasteiger charge is 2.24. The molecule has 0 aromatic heterocycles. The van der Waals surface area contributed by atoms with Crippen LogP contribution in [0.15, 0.2) is 12.2 Å². The first-order valence-corrected chi connectivity index (χ1v) is 4.04. The maximum Gasteiger partial charge on any atom is 0.134 e. The van der Waals surface area contributed by atoms with Gasteiger partial charge in [0.25, 0.3) is 0 Å². The molecule has 0 aromatic rings. The maximum atomic E-state index is 11.1. The molecule has 0 aromatic carbocycles. The minimum atomic E-state index is 0.470. The Morgan fingerprint density at radius 3 is 2.00 bits per heavy atom. The summed E-state index contributed by atoms with van der Waals surface area (Å²) in [5.74, 6) is 1.65. The third kappa shape index (κ3) is 1.00. The highest BCUT2D eigenvalue weighted by Crippen LogP contribution is 2.31. The number of ketones is 1. The number of hydrogen-bond donors (Lipinski definition) is 0. The van der Waals surface area contributed by atoms with Crippen molar-refractivity contribution in [1.29, 1.82) is 0 Å². The van der Waals surface area contributed by atoms with Crippen LogP contribution in [-0.2, 0) is 4.79 Å². The first kappa shape index (κ1) is 6.14. The van der Waals surface area contributed by atoms with Gasteiger partial charge in [-0.1, -0.05) is 12.2 Å². The summed E-state index contributed by atoms with van der Waals surface area (Å²) < 4.78 is 0. The van der Waals surface area contributed by atoms with Gasteiger partial charge in [-0.05, 0) is 24.7 Å². The summed E-state index contributed by atoms with van der Waals surface area (Å²) in [6.07, 6.45) is 8.58. The zero-order chi connectivity index (χ0) is 6.97. The standard InChI is InChI=1S/C9H12O/c10-9-5-7-1-2-8(6-9)4-3-7/h1-2,7-8H,3-6H2. The molecule has 0 spiro atoms.